The van der Waals surface area contributed by atoms with Crippen molar-refractivity contribution in [2.45, 2.75) is 57.9 Å². The Morgan fingerprint density at radius 1 is 1.04 bits per heavy atom. The molecule has 1 aliphatic carbocycles. The summed E-state index contributed by atoms with van der Waals surface area (Å²) in [5, 5.41) is 23.2. The van der Waals surface area contributed by atoms with Gasteiger partial charge < -0.3 is 29.5 Å². The molecule has 0 saturated carbocycles. The molecule has 8 nitrogen and oxygen atoms in total. The van der Waals surface area contributed by atoms with Crippen LogP contribution in [0.5, 0.6) is 17.2 Å². The van der Waals surface area contributed by atoms with Crippen LogP contribution in [0.4, 0.5) is 0 Å². The summed E-state index contributed by atoms with van der Waals surface area (Å²) in [5.74, 6) is 2.32. The van der Waals surface area contributed by atoms with Gasteiger partial charge in [-0.15, -0.1) is 0 Å². The minimum absolute atomic E-state index is 0.00161. The lowest BCUT2D eigenvalue weighted by molar-refractivity contribution is 0.150. The maximum Gasteiger partial charge on any atom is 0.142 e. The van der Waals surface area contributed by atoms with E-state index in [-0.39, 0.29) is 25.4 Å². The number of benzene rings is 3. The molecule has 1 aliphatic heterocycles. The lowest BCUT2D eigenvalue weighted by atomic mass is 9.96. The van der Waals surface area contributed by atoms with Crippen LogP contribution in [-0.2, 0) is 19.6 Å². The van der Waals surface area contributed by atoms with Gasteiger partial charge in [0.15, 0.2) is 0 Å². The van der Waals surface area contributed by atoms with E-state index < -0.39 is 0 Å². The summed E-state index contributed by atoms with van der Waals surface area (Å²) < 4.78 is 19.2. The van der Waals surface area contributed by atoms with E-state index in [1.165, 1.54) is 24.6 Å². The minimum atomic E-state index is -0.211. The van der Waals surface area contributed by atoms with Gasteiger partial charge in [-0.1, -0.05) is 53.5 Å². The molecule has 0 bridgehead atoms. The molecular formula is C39H42Cl2N4O4. The van der Waals surface area contributed by atoms with Crippen molar-refractivity contribution in [1.29, 1.82) is 5.26 Å². The van der Waals surface area contributed by atoms with Crippen molar-refractivity contribution < 1.29 is 19.3 Å². The third-order valence-corrected chi connectivity index (χ3v) is 9.97. The zero-order valence-corrected chi connectivity index (χ0v) is 29.4. The number of hydrogen-bond donors (Lipinski definition) is 2. The van der Waals surface area contributed by atoms with Crippen molar-refractivity contribution in [3.63, 3.8) is 0 Å². The standard InChI is InChI=1S/C39H42Cl2N4O4/c1-25(22-46)44-20-29-15-34(40)38(16-37(29)48-24-28-14-27(17-42)18-43-19-28)49-35-12-11-31-30(7-3-8-32(31)35)33-9-4-10-36(39(33)41)47-23-26-6-5-13-45(2)21-26/h3-4,7-10,14-16,18-19,25-26,35,44,46H,5-6,11-13,20-24H2,1-2H3/t25-,26-,35+/m1/s1. The normalized spacial score (nSPS) is 18.0. The average Bonchev–Trinajstić information content (AvgIpc) is 3.53. The molecule has 1 saturated heterocycles. The SMILES string of the molecule is C[C@H](CO)NCc1cc(Cl)c(O[C@H]2CCc3c(-c4cccc(OC[C@@H]5CCCN(C)C5)c4Cl)cccc32)cc1OCc1cncc(C#N)c1. The Morgan fingerprint density at radius 2 is 1.88 bits per heavy atom. The van der Waals surface area contributed by atoms with Crippen LogP contribution in [0.15, 0.2) is 67.0 Å². The Kier molecular flexibility index (Phi) is 11.6. The highest BCUT2D eigenvalue weighted by Crippen LogP contribution is 2.45. The molecule has 2 N–H and O–H groups in total. The summed E-state index contributed by atoms with van der Waals surface area (Å²) in [6.45, 7) is 5.38. The number of nitriles is 1. The largest absolute Gasteiger partial charge is 0.492 e. The number of nitrogens with one attached hydrogen (secondary N) is 1. The van der Waals surface area contributed by atoms with E-state index in [4.69, 9.17) is 37.4 Å². The van der Waals surface area contributed by atoms with Crippen LogP contribution in [0.1, 0.15) is 60.1 Å². The van der Waals surface area contributed by atoms with Crippen molar-refractivity contribution in [3.05, 3.63) is 105 Å². The summed E-state index contributed by atoms with van der Waals surface area (Å²) in [6, 6.07) is 19.7. The summed E-state index contributed by atoms with van der Waals surface area (Å²) in [6.07, 6.45) is 6.96. The number of nitrogens with zero attached hydrogens (tertiary/aromatic N) is 3. The highest BCUT2D eigenvalue weighted by Gasteiger charge is 2.29. The fourth-order valence-electron chi connectivity index (χ4n) is 6.67. The first-order chi connectivity index (χ1) is 23.8. The van der Waals surface area contributed by atoms with Gasteiger partial charge in [0.2, 0.25) is 0 Å². The van der Waals surface area contributed by atoms with Gasteiger partial charge in [0, 0.05) is 60.2 Å². The summed E-state index contributed by atoms with van der Waals surface area (Å²) in [7, 11) is 2.16. The maximum atomic E-state index is 9.54. The maximum absolute atomic E-state index is 9.54. The van der Waals surface area contributed by atoms with Crippen LogP contribution in [-0.4, -0.2) is 54.4 Å². The molecule has 3 atom stereocenters. The van der Waals surface area contributed by atoms with E-state index in [2.05, 4.69) is 46.5 Å². The molecule has 256 valence electrons. The van der Waals surface area contributed by atoms with Gasteiger partial charge in [0.05, 0.1) is 28.8 Å². The Balaban J connectivity index is 1.22. The Labute approximate surface area is 298 Å². The first kappa shape index (κ1) is 35.0. The first-order valence-corrected chi connectivity index (χ1v) is 17.6. The van der Waals surface area contributed by atoms with E-state index >= 15 is 0 Å². The Morgan fingerprint density at radius 3 is 2.69 bits per heavy atom. The number of fused-ring (bicyclic) bond motifs is 1. The number of likely N-dealkylation sites (tertiary alicyclic amines) is 1. The fraction of sp³-hybridized carbons (Fsp3) is 0.385. The zero-order valence-electron chi connectivity index (χ0n) is 27.9. The topological polar surface area (TPSA) is 99.9 Å². The number of halogens is 2. The molecule has 0 radical (unpaired) electrons. The van der Waals surface area contributed by atoms with Crippen molar-refractivity contribution in [2.24, 2.45) is 5.92 Å². The monoisotopic (exact) mass is 700 g/mol. The number of pyridine rings is 1. The second-order valence-corrected chi connectivity index (χ2v) is 13.8. The van der Waals surface area contributed by atoms with Crippen molar-refractivity contribution in [3.8, 4) is 34.4 Å². The van der Waals surface area contributed by atoms with Crippen LogP contribution < -0.4 is 19.5 Å². The quantitative estimate of drug-likeness (QED) is 0.146. The van der Waals surface area contributed by atoms with Gasteiger partial charge in [-0.25, -0.2) is 0 Å². The smallest absolute Gasteiger partial charge is 0.142 e. The van der Waals surface area contributed by atoms with E-state index in [1.54, 1.807) is 12.3 Å². The fourth-order valence-corrected chi connectivity index (χ4v) is 7.18. The molecule has 3 aromatic carbocycles. The highest BCUT2D eigenvalue weighted by atomic mass is 35.5. The predicted octanol–water partition coefficient (Wildman–Crippen LogP) is 7.76. The minimum Gasteiger partial charge on any atom is -0.492 e. The molecule has 2 aliphatic rings. The molecular weight excluding hydrogens is 659 g/mol. The van der Waals surface area contributed by atoms with Gasteiger partial charge >= 0.3 is 0 Å². The highest BCUT2D eigenvalue weighted by molar-refractivity contribution is 6.35. The Hall–Kier alpha value is -3.84. The number of aliphatic hydroxyl groups is 1. The molecule has 4 aromatic rings. The molecule has 6 rings (SSSR count). The molecule has 2 heterocycles. The lowest BCUT2D eigenvalue weighted by Crippen LogP contribution is -2.34. The van der Waals surface area contributed by atoms with Crippen LogP contribution in [0.3, 0.4) is 0 Å². The van der Waals surface area contributed by atoms with Gasteiger partial charge in [-0.2, -0.15) is 5.26 Å². The molecule has 0 unspecified atom stereocenters. The third kappa shape index (κ3) is 8.49. The molecule has 1 fully saturated rings. The van der Waals surface area contributed by atoms with Crippen LogP contribution in [0.2, 0.25) is 10.0 Å². The van der Waals surface area contributed by atoms with Gasteiger partial charge in [-0.3, -0.25) is 4.98 Å². The third-order valence-electron chi connectivity index (χ3n) is 9.28. The van der Waals surface area contributed by atoms with E-state index in [1.807, 2.05) is 37.3 Å². The van der Waals surface area contributed by atoms with Gasteiger partial charge in [-0.05, 0) is 81.1 Å². The first-order valence-electron chi connectivity index (χ1n) is 16.8. The number of rotatable bonds is 13. The second-order valence-electron chi connectivity index (χ2n) is 13.1. The predicted molar refractivity (Wildman–Crippen MR) is 192 cm³/mol. The van der Waals surface area contributed by atoms with Gasteiger partial charge in [0.25, 0.3) is 0 Å². The van der Waals surface area contributed by atoms with E-state index in [0.29, 0.717) is 51.9 Å². The molecule has 49 heavy (non-hydrogen) atoms. The number of aromatic nitrogens is 1. The zero-order chi connectivity index (χ0) is 34.3. The van der Waals surface area contributed by atoms with Crippen LogP contribution in [0.25, 0.3) is 11.1 Å². The molecule has 10 heteroatoms. The number of ether oxygens (including phenoxy) is 3. The molecule has 0 spiro atoms. The number of aliphatic hydroxyl groups excluding tert-OH is 1. The second kappa shape index (κ2) is 16.2. The summed E-state index contributed by atoms with van der Waals surface area (Å²) in [4.78, 5) is 6.51. The van der Waals surface area contributed by atoms with E-state index in [0.717, 1.165) is 53.7 Å². The van der Waals surface area contributed by atoms with Crippen LogP contribution in [0, 0.1) is 17.2 Å². The lowest BCUT2D eigenvalue weighted by Gasteiger charge is -2.29. The van der Waals surface area contributed by atoms with E-state index in [9.17, 15) is 10.4 Å². The Bertz CT molecular complexity index is 1810. The molecule has 0 amide bonds. The van der Waals surface area contributed by atoms with Gasteiger partial charge in [0.1, 0.15) is 36.0 Å². The average molecular weight is 702 g/mol. The number of piperidine rings is 1. The van der Waals surface area contributed by atoms with Crippen molar-refractivity contribution >= 4 is 23.2 Å². The summed E-state index contributed by atoms with van der Waals surface area (Å²) >= 11 is 13.9. The number of hydrogen-bond acceptors (Lipinski definition) is 8. The van der Waals surface area contributed by atoms with Crippen molar-refractivity contribution in [1.82, 2.24) is 15.2 Å². The van der Waals surface area contributed by atoms with Crippen molar-refractivity contribution in [2.75, 3.05) is 33.4 Å². The summed E-state index contributed by atoms with van der Waals surface area (Å²) in [5.41, 5.74) is 6.40. The van der Waals surface area contributed by atoms with Crippen LogP contribution >= 0.6 is 23.2 Å². The molecule has 1 aromatic heterocycles.